The summed E-state index contributed by atoms with van der Waals surface area (Å²) in [6, 6.07) is 13.7. The molecule has 0 fully saturated rings. The van der Waals surface area contributed by atoms with E-state index in [4.69, 9.17) is 0 Å². The molecule has 2 aliphatic heterocycles. The smallest absolute Gasteiger partial charge is 0.261 e. The number of fused-ring (bicyclic) bond motifs is 2. The van der Waals surface area contributed by atoms with E-state index in [0.29, 0.717) is 22.3 Å². The molecule has 2 aliphatic rings. The fourth-order valence-corrected chi connectivity index (χ4v) is 2.62. The van der Waals surface area contributed by atoms with Crippen molar-refractivity contribution in [1.29, 1.82) is 0 Å². The van der Waals surface area contributed by atoms with E-state index >= 15 is 0 Å². The first-order valence-electron chi connectivity index (χ1n) is 7.26. The molecule has 2 aromatic rings. The summed E-state index contributed by atoms with van der Waals surface area (Å²) in [7, 11) is 2.98. The minimum atomic E-state index is -0.212. The van der Waals surface area contributed by atoms with E-state index in [9.17, 15) is 19.2 Å². The highest BCUT2D eigenvalue weighted by molar-refractivity contribution is 6.21. The number of carbonyl (C=O) groups is 4. The lowest BCUT2D eigenvalue weighted by molar-refractivity contribution is 0.0678. The third-order valence-electron chi connectivity index (χ3n) is 3.99. The summed E-state index contributed by atoms with van der Waals surface area (Å²) in [5.41, 5.74) is 2.02. The standard InChI is InChI=1S/2C9H7NO2.H2O/c2*1-10-8(11)6-4-2-3-5-7(6)9(10)12;/h2*2-5H,1H3;1H2. The second kappa shape index (κ2) is 6.66. The number of carbonyl (C=O) groups excluding carboxylic acids is 4. The van der Waals surface area contributed by atoms with Crippen molar-refractivity contribution in [3.8, 4) is 0 Å². The number of nitrogens with zero attached hydrogens (tertiary/aromatic N) is 2. The SMILES string of the molecule is CN1C(=O)c2ccccc2C1=O.CN1C(=O)c2ccccc2C1=O.O. The highest BCUT2D eigenvalue weighted by atomic mass is 16.2. The first kappa shape index (κ1) is 18.0. The molecule has 0 saturated carbocycles. The lowest BCUT2D eigenvalue weighted by Gasteiger charge is -2.02. The van der Waals surface area contributed by atoms with Gasteiger partial charge in [-0.05, 0) is 24.3 Å². The summed E-state index contributed by atoms with van der Waals surface area (Å²) in [4.78, 5) is 47.5. The van der Waals surface area contributed by atoms with Crippen LogP contribution in [0.5, 0.6) is 0 Å². The Morgan fingerprint density at radius 1 is 0.520 bits per heavy atom. The molecule has 25 heavy (non-hydrogen) atoms. The van der Waals surface area contributed by atoms with Crippen LogP contribution in [0.25, 0.3) is 0 Å². The third-order valence-corrected chi connectivity index (χ3v) is 3.99. The van der Waals surface area contributed by atoms with Gasteiger partial charge in [-0.1, -0.05) is 24.3 Å². The molecule has 7 nitrogen and oxygen atoms in total. The molecule has 0 aliphatic carbocycles. The first-order chi connectivity index (χ1) is 11.4. The van der Waals surface area contributed by atoms with Crippen molar-refractivity contribution in [3.63, 3.8) is 0 Å². The van der Waals surface area contributed by atoms with E-state index in [1.807, 2.05) is 0 Å². The summed E-state index contributed by atoms with van der Waals surface area (Å²) >= 11 is 0. The van der Waals surface area contributed by atoms with Gasteiger partial charge in [-0.2, -0.15) is 0 Å². The molecule has 0 spiro atoms. The van der Waals surface area contributed by atoms with Gasteiger partial charge in [-0.15, -0.1) is 0 Å². The highest BCUT2D eigenvalue weighted by Gasteiger charge is 2.32. The van der Waals surface area contributed by atoms with Gasteiger partial charge in [0, 0.05) is 14.1 Å². The molecule has 4 amide bonds. The molecule has 0 unspecified atom stereocenters. The quantitative estimate of drug-likeness (QED) is 0.667. The van der Waals surface area contributed by atoms with E-state index in [1.165, 1.54) is 14.1 Å². The van der Waals surface area contributed by atoms with Crippen LogP contribution >= 0.6 is 0 Å². The van der Waals surface area contributed by atoms with Crippen molar-refractivity contribution >= 4 is 23.6 Å². The minimum Gasteiger partial charge on any atom is -0.412 e. The predicted octanol–water partition coefficient (Wildman–Crippen LogP) is 1.00. The molecule has 7 heteroatoms. The van der Waals surface area contributed by atoms with Crippen molar-refractivity contribution in [3.05, 3.63) is 70.8 Å². The van der Waals surface area contributed by atoms with Gasteiger partial charge >= 0.3 is 0 Å². The van der Waals surface area contributed by atoms with Crippen LogP contribution in [0.2, 0.25) is 0 Å². The zero-order valence-electron chi connectivity index (χ0n) is 13.6. The number of rotatable bonds is 0. The Morgan fingerprint density at radius 3 is 0.920 bits per heavy atom. The first-order valence-corrected chi connectivity index (χ1v) is 7.26. The van der Waals surface area contributed by atoms with E-state index in [0.717, 1.165) is 9.80 Å². The summed E-state index contributed by atoms with van der Waals surface area (Å²) in [6.45, 7) is 0. The van der Waals surface area contributed by atoms with Gasteiger partial charge in [-0.25, -0.2) is 0 Å². The number of hydrogen-bond donors (Lipinski definition) is 0. The summed E-state index contributed by atoms with van der Waals surface area (Å²) in [6.07, 6.45) is 0. The molecular formula is C18H16N2O5. The van der Waals surface area contributed by atoms with Crippen LogP contribution in [0.15, 0.2) is 48.5 Å². The van der Waals surface area contributed by atoms with Crippen LogP contribution in [0.1, 0.15) is 41.4 Å². The maximum atomic E-state index is 11.3. The van der Waals surface area contributed by atoms with Gasteiger partial charge < -0.3 is 5.48 Å². The molecule has 128 valence electrons. The fraction of sp³-hybridized carbons (Fsp3) is 0.111. The molecule has 0 saturated heterocycles. The second-order valence-electron chi connectivity index (χ2n) is 5.43. The van der Waals surface area contributed by atoms with E-state index < -0.39 is 0 Å². The fourth-order valence-electron chi connectivity index (χ4n) is 2.62. The Labute approximate surface area is 143 Å². The molecule has 2 aromatic carbocycles. The van der Waals surface area contributed by atoms with Crippen LogP contribution in [-0.2, 0) is 0 Å². The molecule has 0 aromatic heterocycles. The number of hydrogen-bond acceptors (Lipinski definition) is 4. The van der Waals surface area contributed by atoms with E-state index in [-0.39, 0.29) is 29.1 Å². The number of benzene rings is 2. The maximum Gasteiger partial charge on any atom is 0.261 e. The van der Waals surface area contributed by atoms with Gasteiger partial charge in [-0.3, -0.25) is 29.0 Å². The number of imide groups is 2. The zero-order chi connectivity index (χ0) is 17.4. The Bertz CT molecular complexity index is 747. The molecule has 0 bridgehead atoms. The second-order valence-corrected chi connectivity index (χ2v) is 5.43. The number of amides is 4. The van der Waals surface area contributed by atoms with Crippen molar-refractivity contribution < 1.29 is 24.7 Å². The molecule has 0 atom stereocenters. The average Bonchev–Trinajstić information content (AvgIpc) is 2.98. The molecule has 2 N–H and O–H groups in total. The van der Waals surface area contributed by atoms with E-state index in [2.05, 4.69) is 0 Å². The molecule has 2 heterocycles. The van der Waals surface area contributed by atoms with Gasteiger partial charge in [0.15, 0.2) is 0 Å². The van der Waals surface area contributed by atoms with Crippen LogP contribution in [-0.4, -0.2) is 53.0 Å². The molecule has 0 radical (unpaired) electrons. The van der Waals surface area contributed by atoms with Crippen molar-refractivity contribution in [1.82, 2.24) is 9.80 Å². The Morgan fingerprint density at radius 2 is 0.720 bits per heavy atom. The van der Waals surface area contributed by atoms with Crippen LogP contribution < -0.4 is 0 Å². The zero-order valence-corrected chi connectivity index (χ0v) is 13.6. The maximum absolute atomic E-state index is 11.3. The lowest BCUT2D eigenvalue weighted by Crippen LogP contribution is -2.24. The minimum absolute atomic E-state index is 0. The lowest BCUT2D eigenvalue weighted by atomic mass is 10.1. The Hall–Kier alpha value is -3.32. The van der Waals surface area contributed by atoms with Gasteiger partial charge in [0.2, 0.25) is 0 Å². The monoisotopic (exact) mass is 340 g/mol. The Balaban J connectivity index is 0.000000173. The largest absolute Gasteiger partial charge is 0.412 e. The predicted molar refractivity (Wildman–Crippen MR) is 89.3 cm³/mol. The van der Waals surface area contributed by atoms with Crippen molar-refractivity contribution in [2.24, 2.45) is 0 Å². The Kier molecular flexibility index (Phi) is 4.80. The average molecular weight is 340 g/mol. The highest BCUT2D eigenvalue weighted by Crippen LogP contribution is 2.21. The third kappa shape index (κ3) is 2.81. The van der Waals surface area contributed by atoms with Crippen LogP contribution in [0, 0.1) is 0 Å². The van der Waals surface area contributed by atoms with Crippen molar-refractivity contribution in [2.45, 2.75) is 0 Å². The van der Waals surface area contributed by atoms with Gasteiger partial charge in [0.05, 0.1) is 22.3 Å². The van der Waals surface area contributed by atoms with Gasteiger partial charge in [0.1, 0.15) is 0 Å². The van der Waals surface area contributed by atoms with Gasteiger partial charge in [0.25, 0.3) is 23.6 Å². The summed E-state index contributed by atoms with van der Waals surface area (Å²) in [5, 5.41) is 0. The summed E-state index contributed by atoms with van der Waals surface area (Å²) < 4.78 is 0. The molecule has 4 rings (SSSR count). The van der Waals surface area contributed by atoms with E-state index in [1.54, 1.807) is 48.5 Å². The summed E-state index contributed by atoms with van der Waals surface area (Å²) in [5.74, 6) is -0.850. The van der Waals surface area contributed by atoms with Crippen LogP contribution in [0.4, 0.5) is 0 Å². The van der Waals surface area contributed by atoms with Crippen molar-refractivity contribution in [2.75, 3.05) is 14.1 Å². The normalized spacial score (nSPS) is 14.6. The molecular weight excluding hydrogens is 324 g/mol. The topological polar surface area (TPSA) is 106 Å². The van der Waals surface area contributed by atoms with Crippen LogP contribution in [0.3, 0.4) is 0 Å².